The van der Waals surface area contributed by atoms with Crippen LogP contribution >= 0.6 is 27.7 Å². The fourth-order valence-electron chi connectivity index (χ4n) is 2.61. The molecule has 4 nitrogen and oxygen atoms in total. The Morgan fingerprint density at radius 3 is 2.88 bits per heavy atom. The van der Waals surface area contributed by atoms with Crippen LogP contribution in [-0.4, -0.2) is 15.2 Å². The molecule has 0 aliphatic rings. The second kappa shape index (κ2) is 7.01. The highest BCUT2D eigenvalue weighted by molar-refractivity contribution is 9.10. The van der Waals surface area contributed by atoms with Crippen molar-refractivity contribution in [3.8, 4) is 0 Å². The van der Waals surface area contributed by atoms with E-state index in [1.165, 1.54) is 11.8 Å². The molecule has 0 amide bonds. The summed E-state index contributed by atoms with van der Waals surface area (Å²) in [4.78, 5) is 3.23. The molecule has 4 rings (SSSR count). The van der Waals surface area contributed by atoms with Gasteiger partial charge in [0.2, 0.25) is 5.89 Å². The molecule has 7 heteroatoms. The summed E-state index contributed by atoms with van der Waals surface area (Å²) in [5.74, 6) is 0.718. The Morgan fingerprint density at radius 1 is 1.08 bits per heavy atom. The van der Waals surface area contributed by atoms with Crippen LogP contribution in [0.5, 0.6) is 0 Å². The molecule has 0 aliphatic carbocycles. The van der Waals surface area contributed by atoms with E-state index in [-0.39, 0.29) is 5.82 Å². The smallest absolute Gasteiger partial charge is 0.276 e. The van der Waals surface area contributed by atoms with Crippen LogP contribution in [0.4, 0.5) is 4.39 Å². The average molecular weight is 418 g/mol. The average Bonchev–Trinajstić information content (AvgIpc) is 3.24. The Balaban J connectivity index is 1.46. The number of aromatic nitrogens is 3. The zero-order chi connectivity index (χ0) is 17.2. The Kier molecular flexibility index (Phi) is 4.59. The minimum absolute atomic E-state index is 0.256. The lowest BCUT2D eigenvalue weighted by Crippen LogP contribution is -1.88. The van der Waals surface area contributed by atoms with E-state index in [1.54, 1.807) is 18.2 Å². The van der Waals surface area contributed by atoms with Crippen LogP contribution in [0.1, 0.15) is 17.0 Å². The summed E-state index contributed by atoms with van der Waals surface area (Å²) in [5.41, 5.74) is 2.78. The number of nitrogens with one attached hydrogen (secondary N) is 1. The van der Waals surface area contributed by atoms with E-state index in [0.29, 0.717) is 33.3 Å². The van der Waals surface area contributed by atoms with Crippen LogP contribution in [0.15, 0.2) is 62.8 Å². The van der Waals surface area contributed by atoms with E-state index < -0.39 is 0 Å². The molecule has 1 N–H and O–H groups in total. The summed E-state index contributed by atoms with van der Waals surface area (Å²) >= 11 is 4.52. The Hall–Kier alpha value is -2.12. The predicted molar refractivity (Wildman–Crippen MR) is 99.1 cm³/mol. The Labute approximate surface area is 156 Å². The van der Waals surface area contributed by atoms with Crippen molar-refractivity contribution in [3.05, 3.63) is 76.0 Å². The second-order valence-electron chi connectivity index (χ2n) is 5.50. The molecule has 2 aromatic carbocycles. The third-order valence-electron chi connectivity index (χ3n) is 3.85. The van der Waals surface area contributed by atoms with E-state index in [0.717, 1.165) is 16.5 Å². The van der Waals surface area contributed by atoms with Crippen molar-refractivity contribution in [2.24, 2.45) is 0 Å². The lowest BCUT2D eigenvalue weighted by atomic mass is 10.1. The maximum atomic E-state index is 14.0. The van der Waals surface area contributed by atoms with Crippen LogP contribution in [0.2, 0.25) is 0 Å². The number of hydrogen-bond donors (Lipinski definition) is 1. The zero-order valence-corrected chi connectivity index (χ0v) is 15.4. The molecule has 2 heterocycles. The van der Waals surface area contributed by atoms with Gasteiger partial charge >= 0.3 is 0 Å². The first-order chi connectivity index (χ1) is 12.2. The summed E-state index contributed by atoms with van der Waals surface area (Å²) in [6.07, 6.45) is 2.52. The molecule has 2 aromatic heterocycles. The summed E-state index contributed by atoms with van der Waals surface area (Å²) in [5, 5.41) is 9.73. The van der Waals surface area contributed by atoms with Crippen LogP contribution in [-0.2, 0) is 12.2 Å². The van der Waals surface area contributed by atoms with Crippen molar-refractivity contribution in [2.75, 3.05) is 0 Å². The highest BCUT2D eigenvalue weighted by Crippen LogP contribution is 2.27. The largest absolute Gasteiger partial charge is 0.416 e. The summed E-state index contributed by atoms with van der Waals surface area (Å²) in [6.45, 7) is 0. The molecule has 0 bridgehead atoms. The van der Waals surface area contributed by atoms with E-state index in [2.05, 4.69) is 37.2 Å². The Bertz CT molecular complexity index is 1030. The van der Waals surface area contributed by atoms with Crippen molar-refractivity contribution < 1.29 is 8.81 Å². The van der Waals surface area contributed by atoms with Crippen LogP contribution in [0.25, 0.3) is 10.9 Å². The Morgan fingerprint density at radius 2 is 1.96 bits per heavy atom. The van der Waals surface area contributed by atoms with Gasteiger partial charge in [-0.1, -0.05) is 42.1 Å². The summed E-state index contributed by atoms with van der Waals surface area (Å²) in [7, 11) is 0. The minimum Gasteiger partial charge on any atom is -0.416 e. The van der Waals surface area contributed by atoms with E-state index >= 15 is 0 Å². The standard InChI is InChI=1S/C18H13BrFN3OS/c19-14-6-3-4-11(17(14)20)10-25-18-23-22-16(24-18)8-12-9-21-15-7-2-1-5-13(12)15/h1-7,9,21H,8,10H2. The number of halogens is 2. The van der Waals surface area contributed by atoms with Crippen molar-refractivity contribution in [3.63, 3.8) is 0 Å². The number of aromatic amines is 1. The topological polar surface area (TPSA) is 54.7 Å². The fraction of sp³-hybridized carbons (Fsp3) is 0.111. The van der Waals surface area contributed by atoms with Gasteiger partial charge in [0.1, 0.15) is 5.82 Å². The highest BCUT2D eigenvalue weighted by atomic mass is 79.9. The SMILES string of the molecule is Fc1c(Br)cccc1CSc1nnc(Cc2c[nH]c3ccccc23)o1. The second-order valence-corrected chi connectivity index (χ2v) is 7.28. The molecule has 0 spiro atoms. The molecule has 0 radical (unpaired) electrons. The molecule has 0 fully saturated rings. The van der Waals surface area contributed by atoms with Gasteiger partial charge in [-0.25, -0.2) is 4.39 Å². The van der Waals surface area contributed by atoms with Crippen LogP contribution in [0, 0.1) is 5.82 Å². The number of para-hydroxylation sites is 1. The van der Waals surface area contributed by atoms with Crippen molar-refractivity contribution in [1.29, 1.82) is 0 Å². The number of nitrogens with zero attached hydrogens (tertiary/aromatic N) is 2. The van der Waals surface area contributed by atoms with Gasteiger partial charge in [-0.15, -0.1) is 10.2 Å². The van der Waals surface area contributed by atoms with Crippen molar-refractivity contribution in [1.82, 2.24) is 15.2 Å². The van der Waals surface area contributed by atoms with E-state index in [9.17, 15) is 4.39 Å². The number of hydrogen-bond acceptors (Lipinski definition) is 4. The molecule has 0 saturated carbocycles. The maximum absolute atomic E-state index is 14.0. The molecule has 0 atom stereocenters. The molecule has 0 saturated heterocycles. The van der Waals surface area contributed by atoms with Gasteiger partial charge in [-0.2, -0.15) is 0 Å². The van der Waals surface area contributed by atoms with Gasteiger partial charge in [-0.3, -0.25) is 0 Å². The lowest BCUT2D eigenvalue weighted by molar-refractivity contribution is 0.420. The molecule has 0 aliphatic heterocycles. The molecule has 25 heavy (non-hydrogen) atoms. The van der Waals surface area contributed by atoms with Crippen molar-refractivity contribution >= 4 is 38.6 Å². The van der Waals surface area contributed by atoms with Gasteiger partial charge < -0.3 is 9.40 Å². The first kappa shape index (κ1) is 16.4. The predicted octanol–water partition coefficient (Wildman–Crippen LogP) is 5.34. The van der Waals surface area contributed by atoms with Gasteiger partial charge in [-0.05, 0) is 39.2 Å². The fourth-order valence-corrected chi connectivity index (χ4v) is 3.77. The number of fused-ring (bicyclic) bond motifs is 1. The van der Waals surface area contributed by atoms with Crippen LogP contribution in [0.3, 0.4) is 0 Å². The van der Waals surface area contributed by atoms with Crippen molar-refractivity contribution in [2.45, 2.75) is 17.4 Å². The van der Waals surface area contributed by atoms with E-state index in [1.807, 2.05) is 24.4 Å². The number of rotatable bonds is 5. The monoisotopic (exact) mass is 417 g/mol. The van der Waals surface area contributed by atoms with Gasteiger partial charge in [0.15, 0.2) is 0 Å². The van der Waals surface area contributed by atoms with Gasteiger partial charge in [0.25, 0.3) is 5.22 Å². The summed E-state index contributed by atoms with van der Waals surface area (Å²) < 4.78 is 20.1. The zero-order valence-electron chi connectivity index (χ0n) is 13.0. The number of benzene rings is 2. The molecule has 0 unspecified atom stereocenters. The quantitative estimate of drug-likeness (QED) is 0.445. The lowest BCUT2D eigenvalue weighted by Gasteiger charge is -2.02. The molecular weight excluding hydrogens is 405 g/mol. The minimum atomic E-state index is -0.256. The number of H-pyrrole nitrogens is 1. The third-order valence-corrected chi connectivity index (χ3v) is 5.33. The number of thioether (sulfide) groups is 1. The first-order valence-corrected chi connectivity index (χ1v) is 9.41. The van der Waals surface area contributed by atoms with E-state index in [4.69, 9.17) is 4.42 Å². The molecule has 126 valence electrons. The van der Waals surface area contributed by atoms with Crippen LogP contribution < -0.4 is 0 Å². The summed E-state index contributed by atoms with van der Waals surface area (Å²) in [6, 6.07) is 13.3. The normalized spacial score (nSPS) is 11.3. The van der Waals surface area contributed by atoms with Gasteiger partial charge in [0.05, 0.1) is 10.9 Å². The molecular formula is C18H13BrFN3OS. The third kappa shape index (κ3) is 3.48. The van der Waals surface area contributed by atoms with Gasteiger partial charge in [0, 0.05) is 22.9 Å². The maximum Gasteiger partial charge on any atom is 0.276 e. The highest BCUT2D eigenvalue weighted by Gasteiger charge is 2.12. The molecule has 4 aromatic rings. The first-order valence-electron chi connectivity index (χ1n) is 7.64.